The molecule has 2 aromatic rings. The highest BCUT2D eigenvalue weighted by molar-refractivity contribution is 5.95. The first-order chi connectivity index (χ1) is 16.4. The monoisotopic (exact) mass is 465 g/mol. The molecule has 0 saturated carbocycles. The highest BCUT2D eigenvalue weighted by Crippen LogP contribution is 2.38. The van der Waals surface area contributed by atoms with Gasteiger partial charge < -0.3 is 19.9 Å². The molecule has 1 atom stereocenters. The van der Waals surface area contributed by atoms with E-state index in [-0.39, 0.29) is 35.9 Å². The zero-order valence-corrected chi connectivity index (χ0v) is 19.0. The van der Waals surface area contributed by atoms with Crippen LogP contribution in [0.15, 0.2) is 48.5 Å². The summed E-state index contributed by atoms with van der Waals surface area (Å²) in [5, 5.41) is 2.91. The molecule has 3 aliphatic rings. The van der Waals surface area contributed by atoms with E-state index in [1.54, 1.807) is 4.90 Å². The van der Waals surface area contributed by atoms with Crippen LogP contribution >= 0.6 is 0 Å². The van der Waals surface area contributed by atoms with Crippen molar-refractivity contribution in [3.05, 3.63) is 59.9 Å². The third-order valence-corrected chi connectivity index (χ3v) is 7.11. The Morgan fingerprint density at radius 1 is 1.00 bits per heavy atom. The van der Waals surface area contributed by atoms with E-state index in [9.17, 15) is 18.8 Å². The van der Waals surface area contributed by atoms with E-state index >= 15 is 0 Å². The summed E-state index contributed by atoms with van der Waals surface area (Å²) in [5.41, 5.74) is 0.486. The second-order valence-corrected chi connectivity index (χ2v) is 9.43. The summed E-state index contributed by atoms with van der Waals surface area (Å²) in [6, 6.07) is 12.9. The number of likely N-dealkylation sites (tertiary alicyclic amines) is 2. The van der Waals surface area contributed by atoms with Gasteiger partial charge in [-0.3, -0.25) is 14.4 Å². The molecular weight excluding hydrogens is 437 g/mol. The Labute approximate surface area is 197 Å². The van der Waals surface area contributed by atoms with Crippen LogP contribution in [0.25, 0.3) is 0 Å². The van der Waals surface area contributed by atoms with Gasteiger partial charge in [-0.1, -0.05) is 12.1 Å². The summed E-state index contributed by atoms with van der Waals surface area (Å²) in [6.07, 6.45) is 2.89. The molecule has 3 aliphatic heterocycles. The first kappa shape index (κ1) is 22.4. The number of rotatable bonds is 2. The number of benzene rings is 2. The number of carbonyl (C=O) groups is 3. The number of para-hydroxylation sites is 2. The topological polar surface area (TPSA) is 79.0 Å². The van der Waals surface area contributed by atoms with Crippen LogP contribution in [0.2, 0.25) is 0 Å². The fraction of sp³-hybridized carbons (Fsp3) is 0.423. The first-order valence-electron chi connectivity index (χ1n) is 11.8. The number of hydrogen-bond donors (Lipinski definition) is 1. The lowest BCUT2D eigenvalue weighted by atomic mass is 9.86. The van der Waals surface area contributed by atoms with Crippen molar-refractivity contribution in [2.24, 2.45) is 5.92 Å². The molecule has 0 aromatic heterocycles. The predicted octanol–water partition coefficient (Wildman–Crippen LogP) is 3.46. The minimum Gasteiger partial charge on any atom is -0.484 e. The molecule has 1 N–H and O–H groups in total. The van der Waals surface area contributed by atoms with Gasteiger partial charge in [0.2, 0.25) is 11.8 Å². The van der Waals surface area contributed by atoms with E-state index in [1.165, 1.54) is 24.3 Å². The standard InChI is InChI=1S/C26H28FN3O4/c27-20-9-7-18(8-10-20)24(32)30-13-3-4-19(17-30)25(33)29-14-11-26(12-15-29)16-23(31)28-21-5-1-2-6-22(21)34-26/h1-2,5-10,19H,3-4,11-17H2,(H,28,31). The van der Waals surface area contributed by atoms with E-state index in [4.69, 9.17) is 4.74 Å². The van der Waals surface area contributed by atoms with E-state index in [0.717, 1.165) is 12.8 Å². The Balaban J connectivity index is 1.22. The van der Waals surface area contributed by atoms with Crippen LogP contribution in [0.1, 0.15) is 42.5 Å². The average molecular weight is 466 g/mol. The zero-order chi connectivity index (χ0) is 23.7. The SMILES string of the molecule is O=C1CC2(CCN(C(=O)C3CCCN(C(=O)c4ccc(F)cc4)C3)CC2)Oc2ccccc2N1. The van der Waals surface area contributed by atoms with Crippen molar-refractivity contribution >= 4 is 23.4 Å². The van der Waals surface area contributed by atoms with Crippen LogP contribution in [0.5, 0.6) is 5.75 Å². The molecule has 0 aliphatic carbocycles. The van der Waals surface area contributed by atoms with Gasteiger partial charge >= 0.3 is 0 Å². The van der Waals surface area contributed by atoms with Crippen LogP contribution in [0, 0.1) is 11.7 Å². The Morgan fingerprint density at radius 3 is 2.50 bits per heavy atom. The van der Waals surface area contributed by atoms with Crippen LogP contribution in [0.4, 0.5) is 10.1 Å². The number of ether oxygens (including phenoxy) is 1. The van der Waals surface area contributed by atoms with Crippen molar-refractivity contribution in [3.63, 3.8) is 0 Å². The predicted molar refractivity (Wildman–Crippen MR) is 124 cm³/mol. The van der Waals surface area contributed by atoms with E-state index in [0.29, 0.717) is 56.0 Å². The lowest BCUT2D eigenvalue weighted by Crippen LogP contribution is -2.53. The summed E-state index contributed by atoms with van der Waals surface area (Å²) < 4.78 is 19.5. The van der Waals surface area contributed by atoms with Gasteiger partial charge in [-0.2, -0.15) is 0 Å². The first-order valence-corrected chi connectivity index (χ1v) is 11.8. The maximum absolute atomic E-state index is 13.3. The van der Waals surface area contributed by atoms with Crippen molar-refractivity contribution in [1.82, 2.24) is 9.80 Å². The van der Waals surface area contributed by atoms with Crippen molar-refractivity contribution < 1.29 is 23.5 Å². The third-order valence-electron chi connectivity index (χ3n) is 7.11. The van der Waals surface area contributed by atoms with Crippen LogP contribution < -0.4 is 10.1 Å². The molecule has 0 radical (unpaired) electrons. The quantitative estimate of drug-likeness (QED) is 0.737. The summed E-state index contributed by atoms with van der Waals surface area (Å²) in [6.45, 7) is 1.97. The number of nitrogens with zero attached hydrogens (tertiary/aromatic N) is 2. The molecule has 34 heavy (non-hydrogen) atoms. The van der Waals surface area contributed by atoms with Crippen molar-refractivity contribution in [3.8, 4) is 5.75 Å². The number of hydrogen-bond acceptors (Lipinski definition) is 4. The molecular formula is C26H28FN3O4. The molecule has 178 valence electrons. The Kier molecular flexibility index (Phi) is 5.98. The molecule has 1 spiro atoms. The molecule has 2 saturated heterocycles. The number of fused-ring (bicyclic) bond motifs is 1. The van der Waals surface area contributed by atoms with Gasteiger partial charge in [-0.25, -0.2) is 4.39 Å². The molecule has 5 rings (SSSR count). The van der Waals surface area contributed by atoms with E-state index < -0.39 is 5.60 Å². The van der Waals surface area contributed by atoms with Gasteiger partial charge in [0.05, 0.1) is 18.0 Å². The van der Waals surface area contributed by atoms with Gasteiger partial charge in [0, 0.05) is 44.6 Å². The normalized spacial score (nSPS) is 21.8. The molecule has 8 heteroatoms. The minimum atomic E-state index is -0.620. The number of carbonyl (C=O) groups excluding carboxylic acids is 3. The van der Waals surface area contributed by atoms with Gasteiger partial charge in [-0.15, -0.1) is 0 Å². The van der Waals surface area contributed by atoms with Gasteiger partial charge in [-0.05, 0) is 49.2 Å². The van der Waals surface area contributed by atoms with Crippen molar-refractivity contribution in [2.45, 2.75) is 37.7 Å². The summed E-state index contributed by atoms with van der Waals surface area (Å²) in [7, 11) is 0. The molecule has 0 bridgehead atoms. The summed E-state index contributed by atoms with van der Waals surface area (Å²) in [4.78, 5) is 42.2. The van der Waals surface area contributed by atoms with Gasteiger partial charge in [0.15, 0.2) is 0 Å². The highest BCUT2D eigenvalue weighted by atomic mass is 19.1. The Bertz CT molecular complexity index is 1100. The fourth-order valence-corrected chi connectivity index (χ4v) is 5.23. The van der Waals surface area contributed by atoms with Gasteiger partial charge in [0.25, 0.3) is 5.91 Å². The molecule has 2 fully saturated rings. The number of halogens is 1. The molecule has 7 nitrogen and oxygen atoms in total. The smallest absolute Gasteiger partial charge is 0.253 e. The average Bonchev–Trinajstić information content (AvgIpc) is 2.99. The van der Waals surface area contributed by atoms with Crippen molar-refractivity contribution in [1.29, 1.82) is 0 Å². The van der Waals surface area contributed by atoms with E-state index in [1.807, 2.05) is 29.2 Å². The van der Waals surface area contributed by atoms with Crippen LogP contribution in [-0.4, -0.2) is 59.3 Å². The van der Waals surface area contributed by atoms with Crippen molar-refractivity contribution in [2.75, 3.05) is 31.5 Å². The van der Waals surface area contributed by atoms with Crippen LogP contribution in [-0.2, 0) is 9.59 Å². The maximum Gasteiger partial charge on any atom is 0.253 e. The van der Waals surface area contributed by atoms with Crippen LogP contribution in [0.3, 0.4) is 0 Å². The summed E-state index contributed by atoms with van der Waals surface area (Å²) >= 11 is 0. The highest BCUT2D eigenvalue weighted by Gasteiger charge is 2.43. The molecule has 2 aromatic carbocycles. The number of anilines is 1. The minimum absolute atomic E-state index is 0.0462. The zero-order valence-electron chi connectivity index (χ0n) is 19.0. The second-order valence-electron chi connectivity index (χ2n) is 9.43. The lowest BCUT2D eigenvalue weighted by Gasteiger charge is -2.42. The second kappa shape index (κ2) is 9.08. The summed E-state index contributed by atoms with van der Waals surface area (Å²) in [5.74, 6) is -0.185. The molecule has 3 amide bonds. The number of amides is 3. The molecule has 3 heterocycles. The number of nitrogens with one attached hydrogen (secondary N) is 1. The van der Waals surface area contributed by atoms with Gasteiger partial charge in [0.1, 0.15) is 17.2 Å². The fourth-order valence-electron chi connectivity index (χ4n) is 5.23. The Hall–Kier alpha value is -3.42. The number of piperidine rings is 2. The Morgan fingerprint density at radius 2 is 1.74 bits per heavy atom. The third kappa shape index (κ3) is 4.49. The largest absolute Gasteiger partial charge is 0.484 e. The molecule has 1 unspecified atom stereocenters. The maximum atomic E-state index is 13.3. The lowest BCUT2D eigenvalue weighted by molar-refractivity contribution is -0.141. The van der Waals surface area contributed by atoms with E-state index in [2.05, 4.69) is 5.32 Å².